The Bertz CT molecular complexity index is 1250. The summed E-state index contributed by atoms with van der Waals surface area (Å²) in [5, 5.41) is 2.66. The maximum atomic E-state index is 13.4. The number of amides is 2. The maximum absolute atomic E-state index is 13.4. The second kappa shape index (κ2) is 7.14. The van der Waals surface area contributed by atoms with E-state index in [1.54, 1.807) is 29.0 Å². The van der Waals surface area contributed by atoms with Gasteiger partial charge in [-0.1, -0.05) is 18.2 Å². The molecule has 1 unspecified atom stereocenters. The summed E-state index contributed by atoms with van der Waals surface area (Å²) in [7, 11) is 0. The number of furan rings is 1. The second-order valence-corrected chi connectivity index (χ2v) is 7.05. The van der Waals surface area contributed by atoms with Crippen LogP contribution in [0.3, 0.4) is 0 Å². The number of nitrogens with zero attached hydrogens (tertiary/aromatic N) is 3. The Hall–Kier alpha value is -3.94. The third-order valence-corrected chi connectivity index (χ3v) is 5.06. The highest BCUT2D eigenvalue weighted by Crippen LogP contribution is 2.37. The van der Waals surface area contributed by atoms with Crippen LogP contribution in [0.15, 0.2) is 71.3 Å². The Morgan fingerprint density at radius 1 is 1.13 bits per heavy atom. The topological polar surface area (TPSA) is 80.4 Å². The number of halogens is 1. The van der Waals surface area contributed by atoms with Crippen LogP contribution in [0, 0.1) is 5.82 Å². The molecular formula is C22H17FN4O3. The molecule has 2 aromatic carbocycles. The summed E-state index contributed by atoms with van der Waals surface area (Å²) >= 11 is 0. The average Bonchev–Trinajstić information content (AvgIpc) is 3.42. The van der Waals surface area contributed by atoms with Crippen LogP contribution in [0.5, 0.6) is 0 Å². The number of carbonyl (C=O) groups is 2. The fourth-order valence-corrected chi connectivity index (χ4v) is 3.76. The molecule has 30 heavy (non-hydrogen) atoms. The monoisotopic (exact) mass is 404 g/mol. The fourth-order valence-electron chi connectivity index (χ4n) is 3.76. The Kier molecular flexibility index (Phi) is 4.31. The molecule has 3 heterocycles. The van der Waals surface area contributed by atoms with Gasteiger partial charge in [0.25, 0.3) is 5.91 Å². The van der Waals surface area contributed by atoms with Gasteiger partial charge in [0.15, 0.2) is 0 Å². The Morgan fingerprint density at radius 3 is 2.80 bits per heavy atom. The van der Waals surface area contributed by atoms with Crippen molar-refractivity contribution in [1.82, 2.24) is 9.55 Å². The maximum Gasteiger partial charge on any atom is 0.253 e. The Morgan fingerprint density at radius 2 is 2.00 bits per heavy atom. The molecule has 2 amide bonds. The highest BCUT2D eigenvalue weighted by atomic mass is 19.1. The van der Waals surface area contributed by atoms with E-state index in [0.29, 0.717) is 17.4 Å². The summed E-state index contributed by atoms with van der Waals surface area (Å²) < 4.78 is 20.6. The number of benzene rings is 2. The van der Waals surface area contributed by atoms with Crippen molar-refractivity contribution in [3.05, 3.63) is 78.5 Å². The first-order valence-electron chi connectivity index (χ1n) is 9.46. The first kappa shape index (κ1) is 18.1. The number of imidazole rings is 1. The van der Waals surface area contributed by atoms with Gasteiger partial charge in [-0.2, -0.15) is 0 Å². The van der Waals surface area contributed by atoms with Crippen molar-refractivity contribution in [2.75, 3.05) is 10.2 Å². The molecular weight excluding hydrogens is 387 g/mol. The number of para-hydroxylation sites is 2. The van der Waals surface area contributed by atoms with Gasteiger partial charge in [-0.15, -0.1) is 0 Å². The zero-order chi connectivity index (χ0) is 20.7. The van der Waals surface area contributed by atoms with Crippen molar-refractivity contribution in [2.45, 2.75) is 19.0 Å². The van der Waals surface area contributed by atoms with E-state index in [0.717, 1.165) is 11.0 Å². The van der Waals surface area contributed by atoms with Crippen LogP contribution >= 0.6 is 0 Å². The molecule has 0 spiro atoms. The van der Waals surface area contributed by atoms with E-state index < -0.39 is 11.9 Å². The number of fused-ring (bicyclic) bond motifs is 3. The van der Waals surface area contributed by atoms with Gasteiger partial charge in [-0.25, -0.2) is 9.37 Å². The van der Waals surface area contributed by atoms with E-state index in [-0.39, 0.29) is 24.8 Å². The molecule has 0 saturated carbocycles. The summed E-state index contributed by atoms with van der Waals surface area (Å²) in [4.78, 5) is 32.0. The first-order valence-corrected chi connectivity index (χ1v) is 9.46. The molecule has 1 aliphatic heterocycles. The van der Waals surface area contributed by atoms with E-state index in [1.807, 2.05) is 24.3 Å². The summed E-state index contributed by atoms with van der Waals surface area (Å²) in [6.07, 6.45) is 1.44. The van der Waals surface area contributed by atoms with E-state index in [4.69, 9.17) is 4.42 Å². The van der Waals surface area contributed by atoms with Crippen molar-refractivity contribution in [1.29, 1.82) is 0 Å². The number of rotatable bonds is 5. The van der Waals surface area contributed by atoms with Crippen molar-refractivity contribution in [3.8, 4) is 0 Å². The zero-order valence-electron chi connectivity index (χ0n) is 15.8. The third kappa shape index (κ3) is 3.12. The lowest BCUT2D eigenvalue weighted by molar-refractivity contribution is -0.124. The predicted molar refractivity (Wildman–Crippen MR) is 108 cm³/mol. The van der Waals surface area contributed by atoms with Gasteiger partial charge in [0.2, 0.25) is 11.9 Å². The molecule has 0 radical (unpaired) electrons. The summed E-state index contributed by atoms with van der Waals surface area (Å²) in [5.74, 6) is 0.0156. The molecule has 0 bridgehead atoms. The van der Waals surface area contributed by atoms with Crippen molar-refractivity contribution in [2.24, 2.45) is 0 Å². The van der Waals surface area contributed by atoms with Gasteiger partial charge in [0.1, 0.15) is 17.6 Å². The largest absolute Gasteiger partial charge is 0.467 e. The summed E-state index contributed by atoms with van der Waals surface area (Å²) in [6.45, 7) is 0.219. The van der Waals surface area contributed by atoms with Crippen LogP contribution in [-0.4, -0.2) is 21.4 Å². The van der Waals surface area contributed by atoms with Gasteiger partial charge in [-0.3, -0.25) is 19.1 Å². The molecule has 7 nitrogen and oxygen atoms in total. The van der Waals surface area contributed by atoms with Crippen molar-refractivity contribution >= 4 is 34.5 Å². The van der Waals surface area contributed by atoms with Crippen LogP contribution in [-0.2, 0) is 16.1 Å². The van der Waals surface area contributed by atoms with Crippen LogP contribution in [0.4, 0.5) is 16.0 Å². The van der Waals surface area contributed by atoms with Gasteiger partial charge in [-0.05, 0) is 42.5 Å². The quantitative estimate of drug-likeness (QED) is 0.547. The third-order valence-electron chi connectivity index (χ3n) is 5.06. The molecule has 4 aromatic rings. The zero-order valence-corrected chi connectivity index (χ0v) is 15.8. The molecule has 150 valence electrons. The van der Waals surface area contributed by atoms with E-state index in [9.17, 15) is 14.0 Å². The molecule has 0 saturated heterocycles. The highest BCUT2D eigenvalue weighted by Gasteiger charge is 2.41. The van der Waals surface area contributed by atoms with E-state index in [2.05, 4.69) is 10.3 Å². The van der Waals surface area contributed by atoms with Gasteiger partial charge in [0.05, 0.1) is 30.3 Å². The van der Waals surface area contributed by atoms with E-state index >= 15 is 0 Å². The lowest BCUT2D eigenvalue weighted by Gasteiger charge is -2.15. The number of hydrogen-bond acceptors (Lipinski definition) is 4. The summed E-state index contributed by atoms with van der Waals surface area (Å²) in [5.41, 5.74) is 1.85. The predicted octanol–water partition coefficient (Wildman–Crippen LogP) is 3.89. The highest BCUT2D eigenvalue weighted by molar-refractivity contribution is 6.05. The second-order valence-electron chi connectivity index (χ2n) is 7.05. The molecule has 1 aliphatic rings. The lowest BCUT2D eigenvalue weighted by Crippen LogP contribution is -2.31. The number of aromatic nitrogens is 2. The Labute approximate surface area is 170 Å². The average molecular weight is 404 g/mol. The molecule has 1 N–H and O–H groups in total. The van der Waals surface area contributed by atoms with Crippen molar-refractivity contribution in [3.63, 3.8) is 0 Å². The van der Waals surface area contributed by atoms with E-state index in [1.165, 1.54) is 23.1 Å². The van der Waals surface area contributed by atoms with Crippen LogP contribution in [0.25, 0.3) is 11.0 Å². The first-order chi connectivity index (χ1) is 14.6. The van der Waals surface area contributed by atoms with Crippen LogP contribution in [0.1, 0.15) is 18.2 Å². The van der Waals surface area contributed by atoms with Gasteiger partial charge < -0.3 is 9.73 Å². The smallest absolute Gasteiger partial charge is 0.253 e. The van der Waals surface area contributed by atoms with Crippen molar-refractivity contribution < 1.29 is 18.4 Å². The standard InChI is InChI=1S/C22H17FN4O3/c23-14-5-3-6-15(11-14)24-20(28)12-19-21(29)26(13-16-7-4-10-30-16)22-25-17-8-1-2-9-18(17)27(19)22/h1-11,19H,12-13H2,(H,24,28). The lowest BCUT2D eigenvalue weighted by atomic mass is 10.1. The molecule has 5 rings (SSSR count). The molecule has 0 aliphatic carbocycles. The number of nitrogens with one attached hydrogen (secondary N) is 1. The molecule has 8 heteroatoms. The number of anilines is 2. The summed E-state index contributed by atoms with van der Waals surface area (Å²) in [6, 6.07) is 15.9. The Balaban J connectivity index is 1.47. The normalized spacial score (nSPS) is 15.6. The minimum atomic E-state index is -0.754. The SMILES string of the molecule is O=C(CC1C(=O)N(Cc2ccco2)c2nc3ccccc3n21)Nc1cccc(F)c1. The van der Waals surface area contributed by atoms with Gasteiger partial charge in [0, 0.05) is 5.69 Å². The number of hydrogen-bond donors (Lipinski definition) is 1. The molecule has 0 fully saturated rings. The number of carbonyl (C=O) groups excluding carboxylic acids is 2. The van der Waals surface area contributed by atoms with Crippen LogP contribution in [0.2, 0.25) is 0 Å². The van der Waals surface area contributed by atoms with Gasteiger partial charge >= 0.3 is 0 Å². The fraction of sp³-hybridized carbons (Fsp3) is 0.136. The van der Waals surface area contributed by atoms with Crippen LogP contribution < -0.4 is 10.2 Å². The minimum Gasteiger partial charge on any atom is -0.467 e. The minimum absolute atomic E-state index is 0.0998. The molecule has 2 aromatic heterocycles. The molecule has 1 atom stereocenters.